The molecule has 0 aliphatic carbocycles. The number of hydrogen-bond acceptors (Lipinski definition) is 9. The zero-order valence-corrected chi connectivity index (χ0v) is 19.4. The molecule has 0 saturated carbocycles. The molecule has 36 heavy (non-hydrogen) atoms. The van der Waals surface area contributed by atoms with E-state index in [0.29, 0.717) is 28.4 Å². The van der Waals surface area contributed by atoms with Gasteiger partial charge in [0.1, 0.15) is 23.3 Å². The lowest BCUT2D eigenvalue weighted by Gasteiger charge is -2.20. The van der Waals surface area contributed by atoms with Gasteiger partial charge in [-0.1, -0.05) is 12.1 Å². The monoisotopic (exact) mass is 490 g/mol. The number of fused-ring (bicyclic) bond motifs is 2. The maximum Gasteiger partial charge on any atom is 0.306 e. The van der Waals surface area contributed by atoms with E-state index in [4.69, 9.17) is 23.4 Å². The predicted octanol–water partition coefficient (Wildman–Crippen LogP) is 4.30. The Morgan fingerprint density at radius 1 is 1.06 bits per heavy atom. The molecule has 9 heteroatoms. The van der Waals surface area contributed by atoms with Crippen molar-refractivity contribution in [3.05, 3.63) is 76.1 Å². The number of phenolic OH excluding ortho intramolecular Hbond substituents is 2. The summed E-state index contributed by atoms with van der Waals surface area (Å²) in [5.41, 5.74) is 1.46. The summed E-state index contributed by atoms with van der Waals surface area (Å²) in [6, 6.07) is 12.4. The summed E-state index contributed by atoms with van der Waals surface area (Å²) in [4.78, 5) is 25.9. The second-order valence-electron chi connectivity index (χ2n) is 8.19. The molecule has 0 amide bonds. The van der Waals surface area contributed by atoms with Crippen LogP contribution < -0.4 is 19.6 Å². The highest BCUT2D eigenvalue weighted by molar-refractivity contribution is 5.87. The summed E-state index contributed by atoms with van der Waals surface area (Å²) in [6.07, 6.45) is 1.14. The van der Waals surface area contributed by atoms with E-state index in [1.54, 1.807) is 24.3 Å². The van der Waals surface area contributed by atoms with Crippen LogP contribution in [0.3, 0.4) is 0 Å². The van der Waals surface area contributed by atoms with Crippen molar-refractivity contribution in [2.45, 2.75) is 12.3 Å². The molecule has 2 heterocycles. The quantitative estimate of drug-likeness (QED) is 0.381. The summed E-state index contributed by atoms with van der Waals surface area (Å²) in [6.45, 7) is 0.0191. The minimum absolute atomic E-state index is 0.0191. The standard InChI is InChI=1S/C27H22O9/c1-32-21-9-15(10-22-27(21)36-13-35-22)18(11-23(30)33-2)24-20(29)8-7-17-25(31)19(12-34-26(17)24)14-3-5-16(28)6-4-14/h3-10,12,18,28-29H,11,13H2,1-2H3/t18-/m1/s1. The van der Waals surface area contributed by atoms with Gasteiger partial charge in [0.05, 0.1) is 31.6 Å². The SMILES string of the molecule is COC(=O)C[C@H](c1cc(OC)c2c(c1)OCO2)c1c(O)ccc2c(=O)c(-c3ccc(O)cc3)coc12. The zero-order chi connectivity index (χ0) is 25.4. The van der Waals surface area contributed by atoms with E-state index in [9.17, 15) is 19.8 Å². The smallest absolute Gasteiger partial charge is 0.306 e. The van der Waals surface area contributed by atoms with E-state index < -0.39 is 11.9 Å². The Labute approximate surface area is 205 Å². The molecule has 0 spiro atoms. The topological polar surface area (TPSA) is 125 Å². The summed E-state index contributed by atoms with van der Waals surface area (Å²) in [5, 5.41) is 20.7. The molecule has 184 valence electrons. The molecule has 2 N–H and O–H groups in total. The van der Waals surface area contributed by atoms with Crippen LogP contribution in [0.15, 0.2) is 64.0 Å². The third kappa shape index (κ3) is 3.94. The van der Waals surface area contributed by atoms with Gasteiger partial charge in [0.15, 0.2) is 11.5 Å². The van der Waals surface area contributed by atoms with Crippen molar-refractivity contribution in [1.29, 1.82) is 0 Å². The highest BCUT2D eigenvalue weighted by Crippen LogP contribution is 2.47. The van der Waals surface area contributed by atoms with E-state index in [1.807, 2.05) is 0 Å². The van der Waals surface area contributed by atoms with Crippen molar-refractivity contribution in [2.24, 2.45) is 0 Å². The van der Waals surface area contributed by atoms with Gasteiger partial charge in [0.25, 0.3) is 0 Å². The van der Waals surface area contributed by atoms with E-state index in [2.05, 4.69) is 0 Å². The molecule has 1 aromatic heterocycles. The average molecular weight is 490 g/mol. The van der Waals surface area contributed by atoms with Crippen molar-refractivity contribution >= 4 is 16.9 Å². The molecule has 4 aromatic rings. The largest absolute Gasteiger partial charge is 0.508 e. The molecule has 0 saturated heterocycles. The average Bonchev–Trinajstić information content (AvgIpc) is 3.36. The van der Waals surface area contributed by atoms with Crippen molar-refractivity contribution < 1.29 is 38.4 Å². The first kappa shape index (κ1) is 23.1. The molecule has 0 unspecified atom stereocenters. The molecule has 1 aliphatic heterocycles. The third-order valence-electron chi connectivity index (χ3n) is 6.17. The van der Waals surface area contributed by atoms with Crippen molar-refractivity contribution in [3.63, 3.8) is 0 Å². The second kappa shape index (κ2) is 9.18. The lowest BCUT2D eigenvalue weighted by molar-refractivity contribution is -0.140. The van der Waals surface area contributed by atoms with Crippen LogP contribution in [0.5, 0.6) is 28.7 Å². The van der Waals surface area contributed by atoms with Crippen molar-refractivity contribution in [3.8, 4) is 39.9 Å². The van der Waals surface area contributed by atoms with Crippen LogP contribution in [-0.2, 0) is 9.53 Å². The van der Waals surface area contributed by atoms with Crippen LogP contribution in [0.1, 0.15) is 23.5 Å². The maximum absolute atomic E-state index is 13.4. The number of aromatic hydroxyl groups is 2. The highest BCUT2D eigenvalue weighted by Gasteiger charge is 2.30. The molecule has 1 aliphatic rings. The molecular formula is C27H22O9. The van der Waals surface area contributed by atoms with Crippen molar-refractivity contribution in [1.82, 2.24) is 0 Å². The van der Waals surface area contributed by atoms with Crippen LogP contribution in [0.4, 0.5) is 0 Å². The molecule has 0 radical (unpaired) electrons. The van der Waals surface area contributed by atoms with Gasteiger partial charge >= 0.3 is 5.97 Å². The lowest BCUT2D eigenvalue weighted by atomic mass is 9.86. The van der Waals surface area contributed by atoms with Gasteiger partial charge in [-0.2, -0.15) is 0 Å². The third-order valence-corrected chi connectivity index (χ3v) is 6.17. The number of ether oxygens (including phenoxy) is 4. The van der Waals surface area contributed by atoms with Crippen LogP contribution >= 0.6 is 0 Å². The molecule has 0 bridgehead atoms. The van der Waals surface area contributed by atoms with Crippen molar-refractivity contribution in [2.75, 3.05) is 21.0 Å². The Morgan fingerprint density at radius 2 is 1.83 bits per heavy atom. The zero-order valence-electron chi connectivity index (χ0n) is 19.4. The fourth-order valence-electron chi connectivity index (χ4n) is 4.38. The van der Waals surface area contributed by atoms with Crippen LogP contribution in [0, 0.1) is 0 Å². The number of rotatable bonds is 6. The van der Waals surface area contributed by atoms with Gasteiger partial charge < -0.3 is 33.6 Å². The van der Waals surface area contributed by atoms with Crippen LogP contribution in [0.2, 0.25) is 0 Å². The van der Waals surface area contributed by atoms with Crippen LogP contribution in [-0.4, -0.2) is 37.2 Å². The number of carbonyl (C=O) groups excluding carboxylic acids is 1. The number of methoxy groups -OCH3 is 2. The number of phenols is 2. The predicted molar refractivity (Wildman–Crippen MR) is 129 cm³/mol. The normalized spacial score (nSPS) is 12.9. The van der Waals surface area contributed by atoms with Gasteiger partial charge in [0.2, 0.25) is 18.0 Å². The summed E-state index contributed by atoms with van der Waals surface area (Å²) in [7, 11) is 2.75. The molecule has 1 atom stereocenters. The van der Waals surface area contributed by atoms with E-state index in [1.165, 1.54) is 44.7 Å². The van der Waals surface area contributed by atoms with E-state index >= 15 is 0 Å². The molecule has 3 aromatic carbocycles. The van der Waals surface area contributed by atoms with E-state index in [0.717, 1.165) is 0 Å². The van der Waals surface area contributed by atoms with Gasteiger partial charge in [-0.05, 0) is 47.5 Å². The Morgan fingerprint density at radius 3 is 2.56 bits per heavy atom. The molecular weight excluding hydrogens is 468 g/mol. The maximum atomic E-state index is 13.4. The summed E-state index contributed by atoms with van der Waals surface area (Å²) in [5.74, 6) is -0.135. The van der Waals surface area contributed by atoms with E-state index in [-0.39, 0.29) is 52.2 Å². The summed E-state index contributed by atoms with van der Waals surface area (Å²) < 4.78 is 27.3. The number of hydrogen-bond donors (Lipinski definition) is 2. The van der Waals surface area contributed by atoms with Gasteiger partial charge in [-0.3, -0.25) is 9.59 Å². The summed E-state index contributed by atoms with van der Waals surface area (Å²) >= 11 is 0. The molecule has 0 fully saturated rings. The first-order chi connectivity index (χ1) is 17.4. The first-order valence-electron chi connectivity index (χ1n) is 11.0. The number of carbonyl (C=O) groups is 1. The first-order valence-corrected chi connectivity index (χ1v) is 11.0. The highest BCUT2D eigenvalue weighted by atomic mass is 16.7. The Bertz CT molecular complexity index is 1520. The molecule has 9 nitrogen and oxygen atoms in total. The van der Waals surface area contributed by atoms with Gasteiger partial charge in [-0.15, -0.1) is 0 Å². The number of esters is 1. The number of benzene rings is 3. The Hall–Kier alpha value is -4.66. The Balaban J connectivity index is 1.72. The second-order valence-corrected chi connectivity index (χ2v) is 8.19. The molecule has 5 rings (SSSR count). The minimum Gasteiger partial charge on any atom is -0.508 e. The van der Waals surface area contributed by atoms with Crippen LogP contribution in [0.25, 0.3) is 22.1 Å². The lowest BCUT2D eigenvalue weighted by Crippen LogP contribution is -2.13. The fraction of sp³-hybridized carbons (Fsp3) is 0.185. The Kier molecular flexibility index (Phi) is 5.89. The fourth-order valence-corrected chi connectivity index (χ4v) is 4.38. The minimum atomic E-state index is -0.771. The van der Waals surface area contributed by atoms with Gasteiger partial charge in [0, 0.05) is 11.5 Å². The van der Waals surface area contributed by atoms with Gasteiger partial charge in [-0.25, -0.2) is 0 Å².